The number of phenolic OH excluding ortho intramolecular Hbond substituents is 1. The maximum absolute atomic E-state index is 9.41. The van der Waals surface area contributed by atoms with Gasteiger partial charge in [-0.1, -0.05) is 17.3 Å². The van der Waals surface area contributed by atoms with Crippen LogP contribution in [0.5, 0.6) is 11.5 Å². The van der Waals surface area contributed by atoms with Crippen molar-refractivity contribution in [2.75, 3.05) is 0 Å². The monoisotopic (exact) mass is 255 g/mol. The number of aromatic hydroxyl groups is 2. The molecule has 0 radical (unpaired) electrons. The molecule has 94 valence electrons. The molecule has 0 aliphatic heterocycles. The molecule has 19 heavy (non-hydrogen) atoms. The van der Waals surface area contributed by atoms with Crippen molar-refractivity contribution in [2.45, 2.75) is 0 Å². The number of nitrogens with zero attached hydrogens (tertiary/aromatic N) is 3. The third kappa shape index (κ3) is 2.23. The number of hydrogen-bond acceptors (Lipinski definition) is 6. The minimum absolute atomic E-state index is 0.0228. The van der Waals surface area contributed by atoms with E-state index in [0.29, 0.717) is 17.0 Å². The van der Waals surface area contributed by atoms with E-state index < -0.39 is 0 Å². The molecule has 0 fully saturated rings. The number of benzene rings is 1. The van der Waals surface area contributed by atoms with Crippen LogP contribution in [0.25, 0.3) is 22.8 Å². The van der Waals surface area contributed by atoms with E-state index in [1.54, 1.807) is 18.2 Å². The molecule has 3 aromatic rings. The summed E-state index contributed by atoms with van der Waals surface area (Å²) in [6.45, 7) is 0. The number of hydrogen-bond donors (Lipinski definition) is 2. The maximum Gasteiger partial charge on any atom is 0.259 e. The molecule has 1 aromatic carbocycles. The fourth-order valence-corrected chi connectivity index (χ4v) is 1.65. The van der Waals surface area contributed by atoms with Crippen LogP contribution in [-0.2, 0) is 0 Å². The molecule has 0 saturated heterocycles. The average Bonchev–Trinajstić information content (AvgIpc) is 2.88. The molecule has 6 nitrogen and oxygen atoms in total. The highest BCUT2D eigenvalue weighted by atomic mass is 16.5. The summed E-state index contributed by atoms with van der Waals surface area (Å²) in [5, 5.41) is 22.6. The molecule has 0 spiro atoms. The fourth-order valence-electron chi connectivity index (χ4n) is 1.65. The normalized spacial score (nSPS) is 10.5. The van der Waals surface area contributed by atoms with Crippen molar-refractivity contribution < 1.29 is 14.7 Å². The molecular formula is C13H9N3O3. The Morgan fingerprint density at radius 3 is 2.58 bits per heavy atom. The number of phenols is 1. The van der Waals surface area contributed by atoms with E-state index in [4.69, 9.17) is 4.52 Å². The Morgan fingerprint density at radius 1 is 0.947 bits per heavy atom. The van der Waals surface area contributed by atoms with E-state index in [0.717, 1.165) is 0 Å². The van der Waals surface area contributed by atoms with Gasteiger partial charge in [-0.05, 0) is 18.2 Å². The highest BCUT2D eigenvalue weighted by Gasteiger charge is 2.11. The Morgan fingerprint density at radius 2 is 1.79 bits per heavy atom. The fraction of sp³-hybridized carbons (Fsp3) is 0. The average molecular weight is 255 g/mol. The molecule has 0 unspecified atom stereocenters. The first-order valence-electron chi connectivity index (χ1n) is 5.50. The van der Waals surface area contributed by atoms with Crippen LogP contribution in [0.2, 0.25) is 0 Å². The van der Waals surface area contributed by atoms with Crippen LogP contribution >= 0.6 is 0 Å². The maximum atomic E-state index is 9.41. The zero-order valence-electron chi connectivity index (χ0n) is 9.69. The number of aromatic nitrogens is 3. The first kappa shape index (κ1) is 11.2. The SMILES string of the molecule is Oc1cccc(-c2noc(-c3cncc(O)c3)n2)c1. The number of pyridine rings is 1. The molecule has 2 aromatic heterocycles. The number of rotatable bonds is 2. The molecule has 0 amide bonds. The lowest BCUT2D eigenvalue weighted by Gasteiger charge is -1.95. The van der Waals surface area contributed by atoms with Gasteiger partial charge in [-0.2, -0.15) is 4.98 Å². The lowest BCUT2D eigenvalue weighted by molar-refractivity contribution is 0.431. The molecule has 2 heterocycles. The van der Waals surface area contributed by atoms with Gasteiger partial charge in [0.05, 0.1) is 11.8 Å². The topological polar surface area (TPSA) is 92.3 Å². The van der Waals surface area contributed by atoms with E-state index in [9.17, 15) is 10.2 Å². The van der Waals surface area contributed by atoms with Gasteiger partial charge in [-0.3, -0.25) is 4.98 Å². The van der Waals surface area contributed by atoms with E-state index in [2.05, 4.69) is 15.1 Å². The molecule has 0 aliphatic carbocycles. The molecule has 3 rings (SSSR count). The predicted octanol–water partition coefficient (Wildman–Crippen LogP) is 2.21. The molecule has 0 saturated carbocycles. The van der Waals surface area contributed by atoms with Crippen LogP contribution in [-0.4, -0.2) is 25.3 Å². The van der Waals surface area contributed by atoms with Crippen molar-refractivity contribution in [3.63, 3.8) is 0 Å². The smallest absolute Gasteiger partial charge is 0.259 e. The van der Waals surface area contributed by atoms with Crippen molar-refractivity contribution in [3.8, 4) is 34.3 Å². The molecular weight excluding hydrogens is 246 g/mol. The highest BCUT2D eigenvalue weighted by Crippen LogP contribution is 2.25. The predicted molar refractivity (Wildman–Crippen MR) is 66.3 cm³/mol. The summed E-state index contributed by atoms with van der Waals surface area (Å²) in [5.41, 5.74) is 1.17. The van der Waals surface area contributed by atoms with Gasteiger partial charge in [0.2, 0.25) is 5.82 Å². The van der Waals surface area contributed by atoms with Crippen LogP contribution in [0, 0.1) is 0 Å². The molecule has 0 aliphatic rings. The van der Waals surface area contributed by atoms with E-state index in [-0.39, 0.29) is 17.4 Å². The summed E-state index contributed by atoms with van der Waals surface area (Å²) >= 11 is 0. The van der Waals surface area contributed by atoms with Crippen LogP contribution in [0.1, 0.15) is 0 Å². The van der Waals surface area contributed by atoms with Crippen molar-refractivity contribution in [3.05, 3.63) is 42.7 Å². The molecule has 6 heteroatoms. The van der Waals surface area contributed by atoms with Gasteiger partial charge in [0, 0.05) is 11.8 Å². The lowest BCUT2D eigenvalue weighted by Crippen LogP contribution is -1.82. The zero-order valence-corrected chi connectivity index (χ0v) is 9.69. The second-order valence-electron chi connectivity index (χ2n) is 3.91. The van der Waals surface area contributed by atoms with Crippen molar-refractivity contribution in [1.82, 2.24) is 15.1 Å². The van der Waals surface area contributed by atoms with Crippen molar-refractivity contribution >= 4 is 0 Å². The second kappa shape index (κ2) is 4.41. The first-order valence-corrected chi connectivity index (χ1v) is 5.50. The van der Waals surface area contributed by atoms with Gasteiger partial charge in [0.25, 0.3) is 5.89 Å². The zero-order chi connectivity index (χ0) is 13.2. The summed E-state index contributed by atoms with van der Waals surface area (Å²) in [6.07, 6.45) is 2.83. The van der Waals surface area contributed by atoms with E-state index in [1.165, 1.54) is 24.5 Å². The Balaban J connectivity index is 2.00. The van der Waals surface area contributed by atoms with Gasteiger partial charge in [-0.15, -0.1) is 0 Å². The van der Waals surface area contributed by atoms with Gasteiger partial charge >= 0.3 is 0 Å². The van der Waals surface area contributed by atoms with Crippen molar-refractivity contribution in [2.24, 2.45) is 0 Å². The largest absolute Gasteiger partial charge is 0.508 e. The van der Waals surface area contributed by atoms with Crippen LogP contribution in [0.3, 0.4) is 0 Å². The standard InChI is InChI=1S/C13H9N3O3/c17-10-3-1-2-8(4-10)12-15-13(19-16-12)9-5-11(18)7-14-6-9/h1-7,17-18H. The van der Waals surface area contributed by atoms with Crippen LogP contribution < -0.4 is 0 Å². The summed E-state index contributed by atoms with van der Waals surface area (Å²) in [4.78, 5) is 8.03. The Hall–Kier alpha value is -2.89. The minimum atomic E-state index is 0.0228. The third-order valence-electron chi connectivity index (χ3n) is 2.50. The van der Waals surface area contributed by atoms with Crippen molar-refractivity contribution in [1.29, 1.82) is 0 Å². The summed E-state index contributed by atoms with van der Waals surface area (Å²) in [6, 6.07) is 8.03. The van der Waals surface area contributed by atoms with Gasteiger partial charge in [-0.25, -0.2) is 0 Å². The molecule has 2 N–H and O–H groups in total. The van der Waals surface area contributed by atoms with Gasteiger partial charge in [0.15, 0.2) is 0 Å². The molecule has 0 atom stereocenters. The van der Waals surface area contributed by atoms with E-state index in [1.807, 2.05) is 0 Å². The van der Waals surface area contributed by atoms with Crippen LogP contribution in [0.15, 0.2) is 47.2 Å². The Bertz CT molecular complexity index is 664. The first-order chi connectivity index (χ1) is 9.22. The summed E-state index contributed by atoms with van der Waals surface area (Å²) in [7, 11) is 0. The quantitative estimate of drug-likeness (QED) is 0.729. The Labute approximate surface area is 108 Å². The van der Waals surface area contributed by atoms with Crippen LogP contribution in [0.4, 0.5) is 0 Å². The van der Waals surface area contributed by atoms with Gasteiger partial charge < -0.3 is 14.7 Å². The lowest BCUT2D eigenvalue weighted by atomic mass is 10.2. The Kier molecular flexibility index (Phi) is 2.60. The van der Waals surface area contributed by atoms with Gasteiger partial charge in [0.1, 0.15) is 11.5 Å². The highest BCUT2D eigenvalue weighted by molar-refractivity contribution is 5.61. The summed E-state index contributed by atoms with van der Waals surface area (Å²) in [5.74, 6) is 0.758. The van der Waals surface area contributed by atoms with E-state index >= 15 is 0 Å². The molecule has 0 bridgehead atoms. The second-order valence-corrected chi connectivity index (χ2v) is 3.91. The summed E-state index contributed by atoms with van der Waals surface area (Å²) < 4.78 is 5.11. The third-order valence-corrected chi connectivity index (χ3v) is 2.50. The minimum Gasteiger partial charge on any atom is -0.508 e.